The van der Waals surface area contributed by atoms with Gasteiger partial charge in [-0.05, 0) is 35.9 Å². The highest BCUT2D eigenvalue weighted by atomic mass is 79.9. The van der Waals surface area contributed by atoms with Crippen molar-refractivity contribution in [1.82, 2.24) is 4.98 Å². The van der Waals surface area contributed by atoms with Gasteiger partial charge in [0.25, 0.3) is 0 Å². The quantitative estimate of drug-likeness (QED) is 0.596. The van der Waals surface area contributed by atoms with E-state index < -0.39 is 0 Å². The van der Waals surface area contributed by atoms with Gasteiger partial charge in [0.2, 0.25) is 5.91 Å². The number of rotatable bonds is 4. The number of anilines is 1. The first-order chi connectivity index (χ1) is 11.6. The highest BCUT2D eigenvalue weighted by Gasteiger charge is 2.06. The molecule has 0 spiro atoms. The summed E-state index contributed by atoms with van der Waals surface area (Å²) in [5, 5.41) is 5.11. The Balaban J connectivity index is 1.66. The summed E-state index contributed by atoms with van der Waals surface area (Å²) in [7, 11) is 0. The molecule has 0 saturated carbocycles. The molecule has 0 bridgehead atoms. The predicted molar refractivity (Wildman–Crippen MR) is 99.3 cm³/mol. The van der Waals surface area contributed by atoms with E-state index >= 15 is 0 Å². The lowest BCUT2D eigenvalue weighted by Gasteiger charge is -1.98. The Hall–Kier alpha value is -2.31. The smallest absolute Gasteiger partial charge is 0.250 e. The maximum absolute atomic E-state index is 13.1. The van der Waals surface area contributed by atoms with Crippen molar-refractivity contribution >= 4 is 44.4 Å². The average Bonchev–Trinajstić information content (AvgIpc) is 3.02. The van der Waals surface area contributed by atoms with Gasteiger partial charge in [-0.1, -0.05) is 40.2 Å². The van der Waals surface area contributed by atoms with Gasteiger partial charge in [0, 0.05) is 21.5 Å². The molecular formula is C18H12BrFN2OS. The Morgan fingerprint density at radius 2 is 2.00 bits per heavy atom. The maximum atomic E-state index is 13.1. The molecule has 0 aliphatic rings. The molecule has 3 aromatic rings. The van der Waals surface area contributed by atoms with Gasteiger partial charge in [0.05, 0.1) is 5.69 Å². The van der Waals surface area contributed by atoms with Gasteiger partial charge in [-0.15, -0.1) is 11.3 Å². The van der Waals surface area contributed by atoms with E-state index in [1.54, 1.807) is 18.2 Å². The summed E-state index contributed by atoms with van der Waals surface area (Å²) in [6.07, 6.45) is 2.91. The van der Waals surface area contributed by atoms with Gasteiger partial charge in [-0.25, -0.2) is 9.37 Å². The second-order valence-corrected chi connectivity index (χ2v) is 6.70. The van der Waals surface area contributed by atoms with Crippen LogP contribution in [0.15, 0.2) is 64.5 Å². The second kappa shape index (κ2) is 7.51. The van der Waals surface area contributed by atoms with E-state index in [0.717, 1.165) is 15.7 Å². The van der Waals surface area contributed by atoms with Gasteiger partial charge < -0.3 is 0 Å². The van der Waals surface area contributed by atoms with Crippen LogP contribution in [0.25, 0.3) is 17.3 Å². The zero-order valence-electron chi connectivity index (χ0n) is 12.4. The molecule has 120 valence electrons. The molecule has 1 N–H and O–H groups in total. The van der Waals surface area contributed by atoms with Crippen LogP contribution < -0.4 is 5.32 Å². The van der Waals surface area contributed by atoms with E-state index in [1.807, 2.05) is 29.6 Å². The van der Waals surface area contributed by atoms with Crippen molar-refractivity contribution < 1.29 is 9.18 Å². The monoisotopic (exact) mass is 402 g/mol. The van der Waals surface area contributed by atoms with Crippen LogP contribution in [0.3, 0.4) is 0 Å². The molecular weight excluding hydrogens is 391 g/mol. The number of amides is 1. The molecule has 1 aromatic heterocycles. The summed E-state index contributed by atoms with van der Waals surface area (Å²) in [6, 6.07) is 13.8. The molecule has 0 unspecified atom stereocenters. The Morgan fingerprint density at radius 3 is 2.75 bits per heavy atom. The van der Waals surface area contributed by atoms with Crippen molar-refractivity contribution in [2.45, 2.75) is 0 Å². The number of halogens is 2. The minimum atomic E-state index is -0.336. The fourth-order valence-corrected chi connectivity index (χ4v) is 3.00. The van der Waals surface area contributed by atoms with Crippen molar-refractivity contribution in [3.63, 3.8) is 0 Å². The Kier molecular flexibility index (Phi) is 5.17. The summed E-state index contributed by atoms with van der Waals surface area (Å²) in [6.45, 7) is 0. The Labute approximate surface area is 151 Å². The lowest BCUT2D eigenvalue weighted by Crippen LogP contribution is -2.07. The molecule has 24 heavy (non-hydrogen) atoms. The lowest BCUT2D eigenvalue weighted by molar-refractivity contribution is -0.111. The minimum absolute atomic E-state index is 0.309. The summed E-state index contributed by atoms with van der Waals surface area (Å²) in [4.78, 5) is 16.3. The number of hydrogen-bond donors (Lipinski definition) is 1. The number of carbonyl (C=O) groups excluding carboxylic acids is 1. The molecule has 3 rings (SSSR count). The molecule has 0 atom stereocenters. The fourth-order valence-electron chi connectivity index (χ4n) is 2.01. The Bertz CT molecular complexity index is 890. The number of thiazole rings is 1. The SMILES string of the molecule is O=C(/C=C/c1cccc(F)c1)Nc1nc(-c2ccc(Br)cc2)cs1. The van der Waals surface area contributed by atoms with Crippen LogP contribution >= 0.6 is 27.3 Å². The molecule has 3 nitrogen and oxygen atoms in total. The van der Waals surface area contributed by atoms with Gasteiger partial charge in [0.1, 0.15) is 5.82 Å². The molecule has 1 amide bonds. The summed E-state index contributed by atoms with van der Waals surface area (Å²) < 4.78 is 14.1. The highest BCUT2D eigenvalue weighted by molar-refractivity contribution is 9.10. The van der Waals surface area contributed by atoms with E-state index in [0.29, 0.717) is 10.7 Å². The third kappa shape index (κ3) is 4.37. The molecule has 0 fully saturated rings. The first kappa shape index (κ1) is 16.5. The van der Waals surface area contributed by atoms with Crippen LogP contribution in [0.4, 0.5) is 9.52 Å². The number of hydrogen-bond acceptors (Lipinski definition) is 3. The zero-order chi connectivity index (χ0) is 16.9. The third-order valence-electron chi connectivity index (χ3n) is 3.15. The predicted octanol–water partition coefficient (Wildman–Crippen LogP) is 5.36. The maximum Gasteiger partial charge on any atom is 0.250 e. The van der Waals surface area contributed by atoms with Crippen LogP contribution in [-0.2, 0) is 4.79 Å². The molecule has 0 saturated heterocycles. The zero-order valence-corrected chi connectivity index (χ0v) is 14.8. The van der Waals surface area contributed by atoms with Crippen LogP contribution in [0.2, 0.25) is 0 Å². The van der Waals surface area contributed by atoms with Crippen molar-refractivity contribution in [2.75, 3.05) is 5.32 Å². The van der Waals surface area contributed by atoms with E-state index in [2.05, 4.69) is 26.2 Å². The van der Waals surface area contributed by atoms with Gasteiger partial charge >= 0.3 is 0 Å². The van der Waals surface area contributed by atoms with E-state index in [4.69, 9.17) is 0 Å². The minimum Gasteiger partial charge on any atom is -0.298 e. The normalized spacial score (nSPS) is 10.9. The van der Waals surface area contributed by atoms with Gasteiger partial charge in [0.15, 0.2) is 5.13 Å². The van der Waals surface area contributed by atoms with Crippen molar-refractivity contribution in [1.29, 1.82) is 0 Å². The first-order valence-electron chi connectivity index (χ1n) is 7.06. The van der Waals surface area contributed by atoms with E-state index in [-0.39, 0.29) is 11.7 Å². The largest absolute Gasteiger partial charge is 0.298 e. The topological polar surface area (TPSA) is 42.0 Å². The van der Waals surface area contributed by atoms with Gasteiger partial charge in [-0.2, -0.15) is 0 Å². The first-order valence-corrected chi connectivity index (χ1v) is 8.73. The molecule has 6 heteroatoms. The average molecular weight is 403 g/mol. The summed E-state index contributed by atoms with van der Waals surface area (Å²) in [5.41, 5.74) is 2.40. The number of carbonyl (C=O) groups is 1. The van der Waals surface area contributed by atoms with Crippen molar-refractivity contribution in [2.24, 2.45) is 0 Å². The number of aromatic nitrogens is 1. The molecule has 1 heterocycles. The molecule has 0 radical (unpaired) electrons. The van der Waals surface area contributed by atoms with Crippen LogP contribution in [0.1, 0.15) is 5.56 Å². The molecule has 0 aliphatic heterocycles. The van der Waals surface area contributed by atoms with Crippen molar-refractivity contribution in [3.8, 4) is 11.3 Å². The highest BCUT2D eigenvalue weighted by Crippen LogP contribution is 2.26. The summed E-state index contributed by atoms with van der Waals surface area (Å²) >= 11 is 4.74. The molecule has 2 aromatic carbocycles. The number of benzene rings is 2. The third-order valence-corrected chi connectivity index (χ3v) is 4.44. The standard InChI is InChI=1S/C18H12BrFN2OS/c19-14-7-5-13(6-8-14)16-11-24-18(21-16)22-17(23)9-4-12-2-1-3-15(20)10-12/h1-11H,(H,21,22,23)/b9-4+. The van der Waals surface area contributed by atoms with E-state index in [1.165, 1.54) is 29.5 Å². The fraction of sp³-hybridized carbons (Fsp3) is 0. The van der Waals surface area contributed by atoms with Crippen molar-refractivity contribution in [3.05, 3.63) is 75.8 Å². The second-order valence-electron chi connectivity index (χ2n) is 4.92. The van der Waals surface area contributed by atoms with E-state index in [9.17, 15) is 9.18 Å². The molecule has 0 aliphatic carbocycles. The van der Waals surface area contributed by atoms with Crippen LogP contribution in [0, 0.1) is 5.82 Å². The number of nitrogens with one attached hydrogen (secondary N) is 1. The number of nitrogens with zero attached hydrogens (tertiary/aromatic N) is 1. The lowest BCUT2D eigenvalue weighted by atomic mass is 10.2. The summed E-state index contributed by atoms with van der Waals surface area (Å²) in [5.74, 6) is -0.646. The Morgan fingerprint density at radius 1 is 1.21 bits per heavy atom. The van der Waals surface area contributed by atoms with Crippen LogP contribution in [-0.4, -0.2) is 10.9 Å². The van der Waals surface area contributed by atoms with Crippen LogP contribution in [0.5, 0.6) is 0 Å². The van der Waals surface area contributed by atoms with Gasteiger partial charge in [-0.3, -0.25) is 10.1 Å².